The van der Waals surface area contributed by atoms with Crippen molar-refractivity contribution in [1.29, 1.82) is 0 Å². The fraction of sp³-hybridized carbons (Fsp3) is 0.471. The summed E-state index contributed by atoms with van der Waals surface area (Å²) in [6.07, 6.45) is 0.139. The van der Waals surface area contributed by atoms with Crippen LogP contribution in [0.5, 0.6) is 11.5 Å². The summed E-state index contributed by atoms with van der Waals surface area (Å²) in [5, 5.41) is 6.68. The van der Waals surface area contributed by atoms with Gasteiger partial charge >= 0.3 is 0 Å². The van der Waals surface area contributed by atoms with E-state index in [9.17, 15) is 9.59 Å². The number of hydrogen-bond donors (Lipinski definition) is 2. The Kier molecular flexibility index (Phi) is 8.32. The van der Waals surface area contributed by atoms with Crippen molar-refractivity contribution in [3.63, 3.8) is 0 Å². The van der Waals surface area contributed by atoms with E-state index in [-0.39, 0.29) is 18.9 Å². The first-order chi connectivity index (χ1) is 11.4. The zero-order valence-corrected chi connectivity index (χ0v) is 14.6. The van der Waals surface area contributed by atoms with Crippen molar-refractivity contribution in [1.82, 2.24) is 10.7 Å². The fourth-order valence-corrected chi connectivity index (χ4v) is 1.72. The zero-order chi connectivity index (χ0) is 17.9. The Morgan fingerprint density at radius 2 is 1.83 bits per heavy atom. The number of ether oxygens (including phenoxy) is 2. The van der Waals surface area contributed by atoms with E-state index >= 15 is 0 Å². The van der Waals surface area contributed by atoms with Crippen LogP contribution in [-0.4, -0.2) is 37.8 Å². The van der Waals surface area contributed by atoms with E-state index in [1.54, 1.807) is 25.1 Å². The molecular weight excluding hydrogens is 310 g/mol. The molecule has 24 heavy (non-hydrogen) atoms. The molecule has 1 aromatic carbocycles. The first kappa shape index (κ1) is 19.5. The van der Waals surface area contributed by atoms with Crippen molar-refractivity contribution in [2.24, 2.45) is 11.0 Å². The van der Waals surface area contributed by atoms with Crippen molar-refractivity contribution in [2.45, 2.75) is 27.2 Å². The van der Waals surface area contributed by atoms with Gasteiger partial charge in [0.1, 0.15) is 0 Å². The number of carbonyl (C=O) groups excluding carboxylic acids is 2. The van der Waals surface area contributed by atoms with Crippen LogP contribution in [0.15, 0.2) is 29.4 Å². The Balaban J connectivity index is 2.37. The Bertz CT molecular complexity index is 585. The van der Waals surface area contributed by atoms with Crippen molar-refractivity contribution in [3.05, 3.63) is 24.3 Å². The van der Waals surface area contributed by atoms with Crippen LogP contribution in [0.2, 0.25) is 0 Å². The van der Waals surface area contributed by atoms with Crippen LogP contribution in [0.4, 0.5) is 0 Å². The second kappa shape index (κ2) is 10.3. The Labute approximate surface area is 142 Å². The van der Waals surface area contributed by atoms with Crippen molar-refractivity contribution in [2.75, 3.05) is 20.3 Å². The lowest BCUT2D eigenvalue weighted by molar-refractivity contribution is -0.123. The Morgan fingerprint density at radius 3 is 2.46 bits per heavy atom. The van der Waals surface area contributed by atoms with E-state index in [1.807, 2.05) is 19.9 Å². The summed E-state index contributed by atoms with van der Waals surface area (Å²) in [6.45, 7) is 6.13. The van der Waals surface area contributed by atoms with Crippen LogP contribution in [0.3, 0.4) is 0 Å². The summed E-state index contributed by atoms with van der Waals surface area (Å²) in [5.74, 6) is 0.876. The molecule has 0 radical (unpaired) electrons. The number of para-hydroxylation sites is 2. The molecule has 0 saturated heterocycles. The highest BCUT2D eigenvalue weighted by Gasteiger charge is 2.08. The Morgan fingerprint density at radius 1 is 1.17 bits per heavy atom. The molecule has 0 aromatic heterocycles. The molecule has 0 atom stereocenters. The van der Waals surface area contributed by atoms with Crippen LogP contribution >= 0.6 is 0 Å². The molecule has 2 N–H and O–H groups in total. The quantitative estimate of drug-likeness (QED) is 0.531. The van der Waals surface area contributed by atoms with Crippen LogP contribution < -0.4 is 20.2 Å². The summed E-state index contributed by atoms with van der Waals surface area (Å²) in [7, 11) is 1.53. The topological polar surface area (TPSA) is 89.0 Å². The van der Waals surface area contributed by atoms with Gasteiger partial charge in [0, 0.05) is 12.3 Å². The number of hydrogen-bond acceptors (Lipinski definition) is 5. The summed E-state index contributed by atoms with van der Waals surface area (Å²) >= 11 is 0. The molecule has 1 aromatic rings. The summed E-state index contributed by atoms with van der Waals surface area (Å²) in [4.78, 5) is 23.4. The molecule has 0 spiro atoms. The van der Waals surface area contributed by atoms with E-state index in [2.05, 4.69) is 15.8 Å². The number of carbonyl (C=O) groups is 2. The first-order valence-corrected chi connectivity index (χ1v) is 7.77. The number of benzene rings is 1. The minimum absolute atomic E-state index is 0.121. The van der Waals surface area contributed by atoms with E-state index in [0.29, 0.717) is 29.7 Å². The number of rotatable bonds is 9. The van der Waals surface area contributed by atoms with Gasteiger partial charge in [0.15, 0.2) is 18.1 Å². The van der Waals surface area contributed by atoms with Crippen molar-refractivity contribution < 1.29 is 19.1 Å². The van der Waals surface area contributed by atoms with Gasteiger partial charge in [0.2, 0.25) is 5.91 Å². The molecule has 132 valence electrons. The van der Waals surface area contributed by atoms with Gasteiger partial charge in [0.25, 0.3) is 5.91 Å². The maximum atomic E-state index is 11.7. The SMILES string of the molecule is COc1ccccc1OCC(=O)N/N=C(/C)CC(=O)NCC(C)C. The number of nitrogens with one attached hydrogen (secondary N) is 2. The molecule has 0 saturated carbocycles. The maximum Gasteiger partial charge on any atom is 0.277 e. The number of hydrazone groups is 1. The van der Waals surface area contributed by atoms with Gasteiger partial charge in [-0.2, -0.15) is 5.10 Å². The predicted molar refractivity (Wildman–Crippen MR) is 92.2 cm³/mol. The molecule has 7 nitrogen and oxygen atoms in total. The molecule has 0 aliphatic heterocycles. The number of methoxy groups -OCH3 is 1. The average Bonchev–Trinajstić information content (AvgIpc) is 2.56. The lowest BCUT2D eigenvalue weighted by atomic mass is 10.2. The summed E-state index contributed by atoms with van der Waals surface area (Å²) in [6, 6.07) is 7.04. The van der Waals surface area contributed by atoms with Gasteiger partial charge in [-0.3, -0.25) is 9.59 Å². The highest BCUT2D eigenvalue weighted by molar-refractivity contribution is 6.00. The predicted octanol–water partition coefficient (Wildman–Crippen LogP) is 1.73. The summed E-state index contributed by atoms with van der Waals surface area (Å²) in [5.41, 5.74) is 2.88. The van der Waals surface area contributed by atoms with Gasteiger partial charge in [0.05, 0.1) is 13.5 Å². The standard InChI is InChI=1S/C17H25N3O4/c1-12(2)10-18-16(21)9-13(3)19-20-17(22)11-24-15-8-6-5-7-14(15)23-4/h5-8,12H,9-11H2,1-4H3,(H,18,21)(H,20,22)/b19-13-. The highest BCUT2D eigenvalue weighted by atomic mass is 16.5. The third kappa shape index (κ3) is 7.62. The second-order valence-corrected chi connectivity index (χ2v) is 5.70. The maximum absolute atomic E-state index is 11.7. The van der Waals surface area contributed by atoms with Crippen molar-refractivity contribution in [3.8, 4) is 11.5 Å². The third-order valence-electron chi connectivity index (χ3n) is 2.92. The molecular formula is C17H25N3O4. The van der Waals surface area contributed by atoms with Crippen molar-refractivity contribution >= 4 is 17.5 Å². The van der Waals surface area contributed by atoms with E-state index in [1.165, 1.54) is 7.11 Å². The smallest absolute Gasteiger partial charge is 0.277 e. The molecule has 7 heteroatoms. The molecule has 0 heterocycles. The van der Waals surface area contributed by atoms with Crippen LogP contribution in [0.1, 0.15) is 27.2 Å². The first-order valence-electron chi connectivity index (χ1n) is 7.77. The van der Waals surface area contributed by atoms with Gasteiger partial charge < -0.3 is 14.8 Å². The number of nitrogens with zero attached hydrogens (tertiary/aromatic N) is 1. The Hall–Kier alpha value is -2.57. The normalized spacial score (nSPS) is 11.1. The molecule has 0 aliphatic rings. The molecule has 1 rings (SSSR count). The lowest BCUT2D eigenvalue weighted by Crippen LogP contribution is -2.30. The molecule has 0 fully saturated rings. The number of amides is 2. The average molecular weight is 335 g/mol. The molecule has 0 bridgehead atoms. The van der Waals surface area contributed by atoms with E-state index in [0.717, 1.165) is 0 Å². The summed E-state index contributed by atoms with van der Waals surface area (Å²) < 4.78 is 10.5. The monoisotopic (exact) mass is 335 g/mol. The zero-order valence-electron chi connectivity index (χ0n) is 14.6. The third-order valence-corrected chi connectivity index (χ3v) is 2.92. The largest absolute Gasteiger partial charge is 0.493 e. The van der Waals surface area contributed by atoms with Gasteiger partial charge in [-0.05, 0) is 25.0 Å². The van der Waals surface area contributed by atoms with E-state index in [4.69, 9.17) is 9.47 Å². The lowest BCUT2D eigenvalue weighted by Gasteiger charge is -2.09. The molecule has 0 unspecified atom stereocenters. The minimum Gasteiger partial charge on any atom is -0.493 e. The fourth-order valence-electron chi connectivity index (χ4n) is 1.72. The van der Waals surface area contributed by atoms with Gasteiger partial charge in [-0.15, -0.1) is 0 Å². The van der Waals surface area contributed by atoms with Crippen LogP contribution in [0, 0.1) is 5.92 Å². The van der Waals surface area contributed by atoms with Crippen LogP contribution in [-0.2, 0) is 9.59 Å². The molecule has 2 amide bonds. The van der Waals surface area contributed by atoms with E-state index < -0.39 is 5.91 Å². The van der Waals surface area contributed by atoms with Gasteiger partial charge in [-0.25, -0.2) is 5.43 Å². The second-order valence-electron chi connectivity index (χ2n) is 5.70. The highest BCUT2D eigenvalue weighted by Crippen LogP contribution is 2.25. The van der Waals surface area contributed by atoms with Gasteiger partial charge in [-0.1, -0.05) is 26.0 Å². The minimum atomic E-state index is -0.414. The van der Waals surface area contributed by atoms with Crippen LogP contribution in [0.25, 0.3) is 0 Å². The molecule has 0 aliphatic carbocycles.